The Morgan fingerprint density at radius 3 is 2.95 bits per heavy atom. The molecule has 0 aliphatic carbocycles. The quantitative estimate of drug-likeness (QED) is 0.780. The van der Waals surface area contributed by atoms with Crippen molar-refractivity contribution < 1.29 is 19.0 Å². The normalized spacial score (nSPS) is 18.6. The van der Waals surface area contributed by atoms with Gasteiger partial charge in [-0.15, -0.1) is 0 Å². The van der Waals surface area contributed by atoms with Gasteiger partial charge in [0.1, 0.15) is 12.4 Å². The summed E-state index contributed by atoms with van der Waals surface area (Å²) in [4.78, 5) is 11.6. The third kappa shape index (κ3) is 4.85. The van der Waals surface area contributed by atoms with Crippen LogP contribution in [0, 0.1) is 0 Å². The Kier molecular flexibility index (Phi) is 5.95. The van der Waals surface area contributed by atoms with E-state index in [1.54, 1.807) is 18.2 Å². The lowest BCUT2D eigenvalue weighted by Gasteiger charge is -2.22. The zero-order chi connectivity index (χ0) is 14.4. The molecule has 0 saturated carbocycles. The van der Waals surface area contributed by atoms with Crippen molar-refractivity contribution in [2.24, 2.45) is 0 Å². The van der Waals surface area contributed by atoms with E-state index in [0.29, 0.717) is 15.8 Å². The SMILES string of the molecule is O=C(COc1cc(Cl)ccc1Cl)OCC1CCCCO1. The van der Waals surface area contributed by atoms with E-state index in [1.807, 2.05) is 0 Å². The average Bonchev–Trinajstić information content (AvgIpc) is 2.47. The van der Waals surface area contributed by atoms with Crippen LogP contribution in [0.3, 0.4) is 0 Å². The minimum Gasteiger partial charge on any atom is -0.480 e. The number of esters is 1. The molecule has 1 aromatic carbocycles. The van der Waals surface area contributed by atoms with Crippen LogP contribution in [0.15, 0.2) is 18.2 Å². The van der Waals surface area contributed by atoms with Gasteiger partial charge in [0.25, 0.3) is 0 Å². The highest BCUT2D eigenvalue weighted by atomic mass is 35.5. The van der Waals surface area contributed by atoms with Crippen LogP contribution in [0.1, 0.15) is 19.3 Å². The molecule has 0 radical (unpaired) electrons. The van der Waals surface area contributed by atoms with E-state index in [-0.39, 0.29) is 19.3 Å². The minimum atomic E-state index is -0.449. The van der Waals surface area contributed by atoms with E-state index in [0.717, 1.165) is 25.9 Å². The summed E-state index contributed by atoms with van der Waals surface area (Å²) >= 11 is 11.7. The molecule has 1 saturated heterocycles. The Labute approximate surface area is 127 Å². The third-order valence-corrected chi connectivity index (χ3v) is 3.49. The van der Waals surface area contributed by atoms with Gasteiger partial charge in [-0.25, -0.2) is 4.79 Å². The highest BCUT2D eigenvalue weighted by Gasteiger charge is 2.16. The summed E-state index contributed by atoms with van der Waals surface area (Å²) in [5.41, 5.74) is 0. The summed E-state index contributed by atoms with van der Waals surface area (Å²) in [7, 11) is 0. The Balaban J connectivity index is 1.73. The first-order chi connectivity index (χ1) is 9.65. The van der Waals surface area contributed by atoms with Crippen LogP contribution < -0.4 is 4.74 Å². The molecule has 1 unspecified atom stereocenters. The Bertz CT molecular complexity index is 458. The van der Waals surface area contributed by atoms with Gasteiger partial charge in [0, 0.05) is 17.7 Å². The van der Waals surface area contributed by atoms with E-state index < -0.39 is 5.97 Å². The predicted octanol–water partition coefficient (Wildman–Crippen LogP) is 3.48. The van der Waals surface area contributed by atoms with Gasteiger partial charge in [0.15, 0.2) is 6.61 Å². The molecule has 1 fully saturated rings. The summed E-state index contributed by atoms with van der Waals surface area (Å²) in [6, 6.07) is 4.82. The topological polar surface area (TPSA) is 44.8 Å². The van der Waals surface area contributed by atoms with Crippen molar-refractivity contribution >= 4 is 29.2 Å². The maximum absolute atomic E-state index is 11.6. The van der Waals surface area contributed by atoms with Crippen LogP contribution in [0.4, 0.5) is 0 Å². The lowest BCUT2D eigenvalue weighted by Crippen LogP contribution is -2.27. The van der Waals surface area contributed by atoms with Crippen LogP contribution in [0.25, 0.3) is 0 Å². The first-order valence-corrected chi connectivity index (χ1v) is 7.26. The van der Waals surface area contributed by atoms with Gasteiger partial charge in [0.05, 0.1) is 11.1 Å². The van der Waals surface area contributed by atoms with E-state index in [9.17, 15) is 4.79 Å². The minimum absolute atomic E-state index is 0.00228. The maximum atomic E-state index is 11.6. The summed E-state index contributed by atoms with van der Waals surface area (Å²) in [6.07, 6.45) is 3.11. The van der Waals surface area contributed by atoms with Crippen molar-refractivity contribution in [3.8, 4) is 5.75 Å². The van der Waals surface area contributed by atoms with Gasteiger partial charge >= 0.3 is 5.97 Å². The number of rotatable bonds is 5. The lowest BCUT2D eigenvalue weighted by molar-refractivity contribution is -0.151. The highest BCUT2D eigenvalue weighted by molar-refractivity contribution is 6.34. The van der Waals surface area contributed by atoms with Crippen molar-refractivity contribution in [2.75, 3.05) is 19.8 Å². The Morgan fingerprint density at radius 2 is 2.20 bits per heavy atom. The zero-order valence-electron chi connectivity index (χ0n) is 10.9. The molecule has 4 nitrogen and oxygen atoms in total. The largest absolute Gasteiger partial charge is 0.480 e. The van der Waals surface area contributed by atoms with Crippen LogP contribution in [0.5, 0.6) is 5.75 Å². The molecule has 0 N–H and O–H groups in total. The molecule has 1 aliphatic rings. The van der Waals surface area contributed by atoms with Gasteiger partial charge in [-0.05, 0) is 31.4 Å². The van der Waals surface area contributed by atoms with Crippen molar-refractivity contribution in [3.05, 3.63) is 28.2 Å². The van der Waals surface area contributed by atoms with Crippen molar-refractivity contribution in [1.82, 2.24) is 0 Å². The average molecular weight is 319 g/mol. The van der Waals surface area contributed by atoms with Gasteiger partial charge < -0.3 is 14.2 Å². The smallest absolute Gasteiger partial charge is 0.344 e. The fourth-order valence-electron chi connectivity index (χ4n) is 1.89. The first kappa shape index (κ1) is 15.4. The lowest BCUT2D eigenvalue weighted by atomic mass is 10.1. The molecule has 20 heavy (non-hydrogen) atoms. The monoisotopic (exact) mass is 318 g/mol. The molecule has 2 rings (SSSR count). The molecule has 1 heterocycles. The van der Waals surface area contributed by atoms with Crippen molar-refractivity contribution in [1.29, 1.82) is 0 Å². The number of carbonyl (C=O) groups excluding carboxylic acids is 1. The van der Waals surface area contributed by atoms with Crippen molar-refractivity contribution in [3.63, 3.8) is 0 Å². The van der Waals surface area contributed by atoms with Crippen LogP contribution >= 0.6 is 23.2 Å². The van der Waals surface area contributed by atoms with E-state index in [2.05, 4.69) is 0 Å². The van der Waals surface area contributed by atoms with Crippen molar-refractivity contribution in [2.45, 2.75) is 25.4 Å². The summed E-state index contributed by atoms with van der Waals surface area (Å²) in [5.74, 6) is -0.0831. The molecular weight excluding hydrogens is 303 g/mol. The second kappa shape index (κ2) is 7.72. The van der Waals surface area contributed by atoms with E-state index in [1.165, 1.54) is 0 Å². The van der Waals surface area contributed by atoms with Gasteiger partial charge in [-0.2, -0.15) is 0 Å². The second-order valence-corrected chi connectivity index (χ2v) is 5.38. The molecule has 0 amide bonds. The van der Waals surface area contributed by atoms with Gasteiger partial charge in [-0.1, -0.05) is 23.2 Å². The fraction of sp³-hybridized carbons (Fsp3) is 0.500. The number of benzene rings is 1. The Morgan fingerprint density at radius 1 is 1.35 bits per heavy atom. The first-order valence-electron chi connectivity index (χ1n) is 6.50. The number of hydrogen-bond donors (Lipinski definition) is 0. The van der Waals surface area contributed by atoms with E-state index >= 15 is 0 Å². The van der Waals surface area contributed by atoms with Crippen LogP contribution in [-0.4, -0.2) is 31.9 Å². The molecule has 1 aliphatic heterocycles. The standard InChI is InChI=1S/C14H16Cl2O4/c15-10-4-5-12(16)13(7-10)19-9-14(17)20-8-11-3-1-2-6-18-11/h4-5,7,11H,1-3,6,8-9H2. The van der Waals surface area contributed by atoms with Gasteiger partial charge in [-0.3, -0.25) is 0 Å². The number of carbonyl (C=O) groups is 1. The fourth-order valence-corrected chi connectivity index (χ4v) is 2.23. The molecule has 110 valence electrons. The third-order valence-electron chi connectivity index (χ3n) is 2.94. The molecular formula is C14H16Cl2O4. The zero-order valence-corrected chi connectivity index (χ0v) is 12.5. The molecule has 0 bridgehead atoms. The molecule has 6 heteroatoms. The highest BCUT2D eigenvalue weighted by Crippen LogP contribution is 2.27. The summed E-state index contributed by atoms with van der Waals surface area (Å²) in [6.45, 7) is 0.801. The van der Waals surface area contributed by atoms with E-state index in [4.69, 9.17) is 37.4 Å². The Hall–Kier alpha value is -0.970. The van der Waals surface area contributed by atoms with Crippen LogP contribution in [0.2, 0.25) is 10.0 Å². The number of ether oxygens (including phenoxy) is 3. The summed E-state index contributed by atoms with van der Waals surface area (Å²) in [5, 5.41) is 0.895. The summed E-state index contributed by atoms with van der Waals surface area (Å²) < 4.78 is 15.9. The maximum Gasteiger partial charge on any atom is 0.344 e. The second-order valence-electron chi connectivity index (χ2n) is 4.54. The predicted molar refractivity (Wildman–Crippen MR) is 76.5 cm³/mol. The molecule has 1 atom stereocenters. The number of halogens is 2. The number of hydrogen-bond acceptors (Lipinski definition) is 4. The molecule has 0 spiro atoms. The molecule has 1 aromatic rings. The van der Waals surface area contributed by atoms with Gasteiger partial charge in [0.2, 0.25) is 0 Å². The molecule has 0 aromatic heterocycles. The van der Waals surface area contributed by atoms with Crippen LogP contribution in [-0.2, 0) is 14.3 Å².